The van der Waals surface area contributed by atoms with Crippen molar-refractivity contribution in [3.63, 3.8) is 0 Å². The van der Waals surface area contributed by atoms with E-state index in [0.717, 1.165) is 35.5 Å². The maximum Gasteiger partial charge on any atom is 0.162 e. The van der Waals surface area contributed by atoms with E-state index in [-0.39, 0.29) is 0 Å². The standard InChI is InChI=1S/C11H19BrN2O/c1-9-11(10(2)14(3)13-9)15-8-6-4-5-7-12/h4-8H2,1-3H3. The molecule has 4 heteroatoms. The van der Waals surface area contributed by atoms with Crippen molar-refractivity contribution in [1.82, 2.24) is 9.78 Å². The summed E-state index contributed by atoms with van der Waals surface area (Å²) in [6.07, 6.45) is 3.54. The number of alkyl halides is 1. The molecule has 1 heterocycles. The molecular formula is C11H19BrN2O. The van der Waals surface area contributed by atoms with Crippen molar-refractivity contribution in [3.8, 4) is 5.75 Å². The molecule has 0 aliphatic carbocycles. The summed E-state index contributed by atoms with van der Waals surface area (Å²) in [5.74, 6) is 0.955. The van der Waals surface area contributed by atoms with E-state index < -0.39 is 0 Å². The van der Waals surface area contributed by atoms with Crippen LogP contribution in [-0.2, 0) is 7.05 Å². The van der Waals surface area contributed by atoms with Gasteiger partial charge in [0.2, 0.25) is 0 Å². The first kappa shape index (κ1) is 12.6. The van der Waals surface area contributed by atoms with Gasteiger partial charge in [0, 0.05) is 12.4 Å². The minimum Gasteiger partial charge on any atom is -0.490 e. The van der Waals surface area contributed by atoms with E-state index in [0.29, 0.717) is 0 Å². The molecule has 0 atom stereocenters. The predicted molar refractivity (Wildman–Crippen MR) is 65.8 cm³/mol. The van der Waals surface area contributed by atoms with Crippen molar-refractivity contribution in [1.29, 1.82) is 0 Å². The van der Waals surface area contributed by atoms with Gasteiger partial charge in [-0.25, -0.2) is 0 Å². The van der Waals surface area contributed by atoms with Crippen LogP contribution in [0.1, 0.15) is 30.7 Å². The van der Waals surface area contributed by atoms with Crippen LogP contribution in [0, 0.1) is 13.8 Å². The number of aromatic nitrogens is 2. The number of unbranched alkanes of at least 4 members (excludes halogenated alkanes) is 2. The molecule has 1 aromatic rings. The van der Waals surface area contributed by atoms with E-state index in [9.17, 15) is 0 Å². The summed E-state index contributed by atoms with van der Waals surface area (Å²) in [6.45, 7) is 4.81. The first-order chi connectivity index (χ1) is 7.16. The second kappa shape index (κ2) is 6.16. The Labute approximate surface area is 99.9 Å². The Morgan fingerprint density at radius 2 is 2.00 bits per heavy atom. The Morgan fingerprint density at radius 1 is 1.27 bits per heavy atom. The lowest BCUT2D eigenvalue weighted by Crippen LogP contribution is -1.99. The monoisotopic (exact) mass is 274 g/mol. The Balaban J connectivity index is 2.37. The number of ether oxygens (including phenoxy) is 1. The van der Waals surface area contributed by atoms with Crippen LogP contribution in [0.25, 0.3) is 0 Å². The van der Waals surface area contributed by atoms with Gasteiger partial charge in [0.05, 0.1) is 12.3 Å². The molecule has 0 saturated heterocycles. The van der Waals surface area contributed by atoms with Crippen molar-refractivity contribution in [2.45, 2.75) is 33.1 Å². The van der Waals surface area contributed by atoms with Crippen molar-refractivity contribution in [3.05, 3.63) is 11.4 Å². The van der Waals surface area contributed by atoms with Crippen LogP contribution in [0.5, 0.6) is 5.75 Å². The zero-order valence-electron chi connectivity index (χ0n) is 9.72. The fourth-order valence-corrected chi connectivity index (χ4v) is 1.91. The third-order valence-corrected chi connectivity index (χ3v) is 3.03. The molecule has 86 valence electrons. The summed E-state index contributed by atoms with van der Waals surface area (Å²) < 4.78 is 7.60. The van der Waals surface area contributed by atoms with Crippen LogP contribution in [-0.4, -0.2) is 21.7 Å². The highest BCUT2D eigenvalue weighted by atomic mass is 79.9. The SMILES string of the molecule is Cc1nn(C)c(C)c1OCCCCCBr. The summed E-state index contributed by atoms with van der Waals surface area (Å²) in [7, 11) is 1.94. The number of hydrogen-bond acceptors (Lipinski definition) is 2. The maximum atomic E-state index is 5.74. The molecule has 0 aliphatic heterocycles. The Hall–Kier alpha value is -0.510. The van der Waals surface area contributed by atoms with Gasteiger partial charge in [0.25, 0.3) is 0 Å². The van der Waals surface area contributed by atoms with Crippen molar-refractivity contribution < 1.29 is 4.74 Å². The van der Waals surface area contributed by atoms with Gasteiger partial charge in [0.1, 0.15) is 5.69 Å². The minimum absolute atomic E-state index is 0.792. The molecule has 0 bridgehead atoms. The van der Waals surface area contributed by atoms with E-state index >= 15 is 0 Å². The van der Waals surface area contributed by atoms with Crippen molar-refractivity contribution >= 4 is 15.9 Å². The molecule has 1 aromatic heterocycles. The van der Waals surface area contributed by atoms with Gasteiger partial charge in [-0.15, -0.1) is 0 Å². The average Bonchev–Trinajstić information content (AvgIpc) is 2.44. The quantitative estimate of drug-likeness (QED) is 0.589. The number of aryl methyl sites for hydroxylation is 2. The van der Waals surface area contributed by atoms with Crippen LogP contribution in [0.4, 0.5) is 0 Å². The topological polar surface area (TPSA) is 27.1 Å². The summed E-state index contributed by atoms with van der Waals surface area (Å²) in [5.41, 5.74) is 2.09. The van der Waals surface area contributed by atoms with E-state index in [4.69, 9.17) is 4.74 Å². The third kappa shape index (κ3) is 3.52. The molecule has 0 amide bonds. The van der Waals surface area contributed by atoms with Gasteiger partial charge < -0.3 is 4.74 Å². The molecule has 0 spiro atoms. The zero-order chi connectivity index (χ0) is 11.3. The van der Waals surface area contributed by atoms with Gasteiger partial charge >= 0.3 is 0 Å². The fraction of sp³-hybridized carbons (Fsp3) is 0.727. The van der Waals surface area contributed by atoms with Crippen LogP contribution >= 0.6 is 15.9 Å². The van der Waals surface area contributed by atoms with Gasteiger partial charge in [-0.3, -0.25) is 4.68 Å². The molecule has 3 nitrogen and oxygen atoms in total. The summed E-state index contributed by atoms with van der Waals surface area (Å²) in [4.78, 5) is 0. The molecule has 0 saturated carbocycles. The van der Waals surface area contributed by atoms with E-state index in [1.807, 2.05) is 25.6 Å². The van der Waals surface area contributed by atoms with Crippen molar-refractivity contribution in [2.24, 2.45) is 7.05 Å². The number of halogens is 1. The van der Waals surface area contributed by atoms with Crippen LogP contribution < -0.4 is 4.74 Å². The number of nitrogens with zero attached hydrogens (tertiary/aromatic N) is 2. The van der Waals surface area contributed by atoms with Gasteiger partial charge in [-0.1, -0.05) is 15.9 Å². The van der Waals surface area contributed by atoms with E-state index in [1.54, 1.807) is 0 Å². The predicted octanol–water partition coefficient (Wildman–Crippen LogP) is 2.98. The largest absolute Gasteiger partial charge is 0.490 e. The average molecular weight is 275 g/mol. The molecule has 0 radical (unpaired) electrons. The number of rotatable bonds is 6. The first-order valence-electron chi connectivity index (χ1n) is 5.35. The molecule has 1 rings (SSSR count). The maximum absolute atomic E-state index is 5.74. The number of hydrogen-bond donors (Lipinski definition) is 0. The van der Waals surface area contributed by atoms with Gasteiger partial charge in [-0.05, 0) is 33.1 Å². The molecular weight excluding hydrogens is 256 g/mol. The molecule has 15 heavy (non-hydrogen) atoms. The second-order valence-electron chi connectivity index (χ2n) is 3.72. The second-order valence-corrected chi connectivity index (χ2v) is 4.51. The lowest BCUT2D eigenvalue weighted by Gasteiger charge is -2.05. The van der Waals surface area contributed by atoms with Crippen molar-refractivity contribution in [2.75, 3.05) is 11.9 Å². The summed E-state index contributed by atoms with van der Waals surface area (Å²) >= 11 is 3.42. The van der Waals surface area contributed by atoms with E-state index in [1.165, 1.54) is 12.8 Å². The minimum atomic E-state index is 0.792. The lowest BCUT2D eigenvalue weighted by atomic mass is 10.3. The highest BCUT2D eigenvalue weighted by Gasteiger charge is 2.09. The molecule has 0 aliphatic rings. The third-order valence-electron chi connectivity index (χ3n) is 2.47. The Kier molecular flexibility index (Phi) is 5.15. The highest BCUT2D eigenvalue weighted by molar-refractivity contribution is 9.09. The molecule has 0 N–H and O–H groups in total. The fourth-order valence-electron chi connectivity index (χ4n) is 1.51. The first-order valence-corrected chi connectivity index (χ1v) is 6.48. The van der Waals surface area contributed by atoms with Gasteiger partial charge in [0.15, 0.2) is 5.75 Å². The van der Waals surface area contributed by atoms with Gasteiger partial charge in [-0.2, -0.15) is 5.10 Å². The summed E-state index contributed by atoms with van der Waals surface area (Å²) in [5, 5.41) is 5.39. The van der Waals surface area contributed by atoms with Crippen LogP contribution in [0.2, 0.25) is 0 Å². The van der Waals surface area contributed by atoms with Crippen LogP contribution in [0.3, 0.4) is 0 Å². The zero-order valence-corrected chi connectivity index (χ0v) is 11.3. The smallest absolute Gasteiger partial charge is 0.162 e. The Bertz CT molecular complexity index is 310. The molecule has 0 fully saturated rings. The van der Waals surface area contributed by atoms with E-state index in [2.05, 4.69) is 21.0 Å². The van der Waals surface area contributed by atoms with Crippen LogP contribution in [0.15, 0.2) is 0 Å². The lowest BCUT2D eigenvalue weighted by molar-refractivity contribution is 0.302. The Morgan fingerprint density at radius 3 is 2.53 bits per heavy atom. The highest BCUT2D eigenvalue weighted by Crippen LogP contribution is 2.21. The normalized spacial score (nSPS) is 10.7. The summed E-state index contributed by atoms with van der Waals surface area (Å²) in [6, 6.07) is 0. The molecule has 0 unspecified atom stereocenters. The molecule has 0 aromatic carbocycles.